The Morgan fingerprint density at radius 1 is 1.10 bits per heavy atom. The molecule has 0 spiro atoms. The molecule has 1 unspecified atom stereocenters. The summed E-state index contributed by atoms with van der Waals surface area (Å²) in [6.45, 7) is 9.33. The van der Waals surface area contributed by atoms with E-state index in [0.717, 1.165) is 18.4 Å². The van der Waals surface area contributed by atoms with Gasteiger partial charge in [0.1, 0.15) is 23.9 Å². The second kappa shape index (κ2) is 10.2. The van der Waals surface area contributed by atoms with Gasteiger partial charge >= 0.3 is 5.97 Å². The lowest BCUT2D eigenvalue weighted by Gasteiger charge is -2.16. The van der Waals surface area contributed by atoms with Gasteiger partial charge in [-0.15, -0.1) is 0 Å². The lowest BCUT2D eigenvalue weighted by molar-refractivity contribution is -0.137. The van der Waals surface area contributed by atoms with Gasteiger partial charge in [-0.1, -0.05) is 45.0 Å². The maximum atomic E-state index is 14.9. The van der Waals surface area contributed by atoms with Crippen molar-refractivity contribution in [3.8, 4) is 28.6 Å². The Balaban J connectivity index is 1.40. The summed E-state index contributed by atoms with van der Waals surface area (Å²) >= 11 is 0. The SMILES string of the molecule is COc1ccc(F)c(-c2onc(COc3cccc(C(CC(=O)O)C4CC4)c3)c2OCC2C(C)(C)C2(C)C)c1. The first kappa shape index (κ1) is 27.0. The normalized spacial score (nSPS) is 18.4. The van der Waals surface area contributed by atoms with Crippen LogP contribution in [0.5, 0.6) is 17.2 Å². The zero-order chi connectivity index (χ0) is 27.9. The van der Waals surface area contributed by atoms with E-state index in [1.807, 2.05) is 24.3 Å². The molecule has 2 saturated carbocycles. The Morgan fingerprint density at radius 2 is 1.85 bits per heavy atom. The molecule has 1 heterocycles. The summed E-state index contributed by atoms with van der Waals surface area (Å²) in [5.74, 6) is 0.991. The molecule has 0 amide bonds. The van der Waals surface area contributed by atoms with Gasteiger partial charge in [0.2, 0.25) is 5.76 Å². The third-order valence-electron chi connectivity index (χ3n) is 9.09. The zero-order valence-corrected chi connectivity index (χ0v) is 23.1. The van der Waals surface area contributed by atoms with Crippen molar-refractivity contribution >= 4 is 5.97 Å². The molecule has 0 radical (unpaired) electrons. The molecule has 1 N–H and O–H groups in total. The van der Waals surface area contributed by atoms with E-state index in [0.29, 0.717) is 41.4 Å². The minimum atomic E-state index is -0.804. The quantitative estimate of drug-likeness (QED) is 0.264. The van der Waals surface area contributed by atoms with Gasteiger partial charge in [0.25, 0.3) is 0 Å². The van der Waals surface area contributed by atoms with Crippen LogP contribution in [0.3, 0.4) is 0 Å². The number of methoxy groups -OCH3 is 1. The predicted octanol–water partition coefficient (Wildman–Crippen LogP) is 7.10. The minimum Gasteiger partial charge on any atom is -0.497 e. The van der Waals surface area contributed by atoms with E-state index in [4.69, 9.17) is 18.7 Å². The van der Waals surface area contributed by atoms with E-state index in [1.54, 1.807) is 12.1 Å². The van der Waals surface area contributed by atoms with E-state index >= 15 is 0 Å². The molecule has 7 nitrogen and oxygen atoms in total. The Kier molecular flexibility index (Phi) is 7.08. The molecule has 8 heteroatoms. The van der Waals surface area contributed by atoms with Crippen LogP contribution in [0.1, 0.15) is 64.1 Å². The Morgan fingerprint density at radius 3 is 2.49 bits per heavy atom. The number of rotatable bonds is 12. The highest BCUT2D eigenvalue weighted by Crippen LogP contribution is 2.68. The van der Waals surface area contributed by atoms with Crippen molar-refractivity contribution < 1.29 is 33.0 Å². The number of nitrogens with zero attached hydrogens (tertiary/aromatic N) is 1. The molecule has 2 aliphatic rings. The number of aromatic nitrogens is 1. The van der Waals surface area contributed by atoms with Gasteiger partial charge in [-0.2, -0.15) is 0 Å². The molecule has 5 rings (SSSR count). The van der Waals surface area contributed by atoms with Crippen LogP contribution < -0.4 is 14.2 Å². The number of aliphatic carboxylic acids is 1. The highest BCUT2D eigenvalue weighted by atomic mass is 19.1. The van der Waals surface area contributed by atoms with Crippen LogP contribution in [0, 0.1) is 28.5 Å². The molecule has 3 aromatic rings. The maximum Gasteiger partial charge on any atom is 0.303 e. The summed E-state index contributed by atoms with van der Waals surface area (Å²) in [5, 5.41) is 13.6. The Bertz CT molecular complexity index is 1340. The average molecular weight is 538 g/mol. The fraction of sp³-hybridized carbons (Fsp3) is 0.484. The third-order valence-corrected chi connectivity index (χ3v) is 9.09. The monoisotopic (exact) mass is 537 g/mol. The van der Waals surface area contributed by atoms with Gasteiger partial charge in [-0.05, 0) is 71.4 Å². The van der Waals surface area contributed by atoms with Crippen LogP contribution in [0.25, 0.3) is 11.3 Å². The second-order valence-corrected chi connectivity index (χ2v) is 11.8. The maximum absolute atomic E-state index is 14.9. The summed E-state index contributed by atoms with van der Waals surface area (Å²) < 4.78 is 38.2. The molecule has 0 bridgehead atoms. The van der Waals surface area contributed by atoms with Crippen molar-refractivity contribution in [3.05, 3.63) is 59.5 Å². The topological polar surface area (TPSA) is 91.0 Å². The fourth-order valence-electron chi connectivity index (χ4n) is 5.68. The first-order valence-corrected chi connectivity index (χ1v) is 13.4. The van der Waals surface area contributed by atoms with E-state index < -0.39 is 11.8 Å². The largest absolute Gasteiger partial charge is 0.497 e. The van der Waals surface area contributed by atoms with Crippen molar-refractivity contribution in [2.75, 3.05) is 13.7 Å². The first-order valence-electron chi connectivity index (χ1n) is 13.4. The van der Waals surface area contributed by atoms with Crippen LogP contribution in [0.4, 0.5) is 4.39 Å². The summed E-state index contributed by atoms with van der Waals surface area (Å²) in [7, 11) is 1.52. The minimum absolute atomic E-state index is 0.0371. The fourth-order valence-corrected chi connectivity index (χ4v) is 5.68. The summed E-state index contributed by atoms with van der Waals surface area (Å²) in [6.07, 6.45) is 2.18. The number of ether oxygens (including phenoxy) is 3. The molecule has 1 atom stereocenters. The van der Waals surface area contributed by atoms with Gasteiger partial charge in [-0.25, -0.2) is 4.39 Å². The lowest BCUT2D eigenvalue weighted by Crippen LogP contribution is -2.09. The number of benzene rings is 2. The van der Waals surface area contributed by atoms with Gasteiger partial charge < -0.3 is 23.8 Å². The summed E-state index contributed by atoms with van der Waals surface area (Å²) in [4.78, 5) is 11.4. The highest BCUT2D eigenvalue weighted by Gasteiger charge is 2.64. The molecule has 1 aromatic heterocycles. The molecular weight excluding hydrogens is 501 g/mol. The standard InChI is InChI=1S/C31H36FNO6/c1-30(2)26(31(30,3)4)17-38-29-25(33-39-28(29)23-14-20(36-5)11-12-24(23)32)16-37-21-8-6-7-19(13-21)22(15-27(34)35)18-9-10-18/h6-8,11-14,18,22,26H,9-10,15-17H2,1-5H3,(H,34,35). The molecule has 208 valence electrons. The number of hydrogen-bond acceptors (Lipinski definition) is 6. The lowest BCUT2D eigenvalue weighted by atomic mass is 9.91. The van der Waals surface area contributed by atoms with Crippen molar-refractivity contribution in [3.63, 3.8) is 0 Å². The van der Waals surface area contributed by atoms with Crippen molar-refractivity contribution in [1.29, 1.82) is 0 Å². The highest BCUT2D eigenvalue weighted by molar-refractivity contribution is 5.68. The van der Waals surface area contributed by atoms with E-state index in [9.17, 15) is 14.3 Å². The number of carboxylic acids is 1. The van der Waals surface area contributed by atoms with Crippen LogP contribution in [0.15, 0.2) is 47.0 Å². The molecule has 2 aromatic carbocycles. The number of carboxylic acid groups (broad SMARTS) is 1. The Labute approximate surface area is 228 Å². The first-order chi connectivity index (χ1) is 18.5. The Hall–Kier alpha value is -3.55. The number of hydrogen-bond donors (Lipinski definition) is 1. The van der Waals surface area contributed by atoms with Crippen molar-refractivity contribution in [2.45, 2.75) is 59.5 Å². The molecule has 0 aliphatic heterocycles. The molecule has 2 aliphatic carbocycles. The van der Waals surface area contributed by atoms with Gasteiger partial charge in [0.05, 0.1) is 25.7 Å². The van der Waals surface area contributed by atoms with Gasteiger partial charge in [0.15, 0.2) is 11.4 Å². The summed E-state index contributed by atoms with van der Waals surface area (Å²) in [6, 6.07) is 12.0. The van der Waals surface area contributed by atoms with E-state index in [-0.39, 0.29) is 41.1 Å². The molecule has 2 fully saturated rings. The van der Waals surface area contributed by atoms with Crippen LogP contribution in [0.2, 0.25) is 0 Å². The van der Waals surface area contributed by atoms with Gasteiger partial charge in [0, 0.05) is 5.92 Å². The van der Waals surface area contributed by atoms with Crippen LogP contribution >= 0.6 is 0 Å². The second-order valence-electron chi connectivity index (χ2n) is 11.8. The van der Waals surface area contributed by atoms with Crippen LogP contribution in [-0.4, -0.2) is 29.9 Å². The van der Waals surface area contributed by atoms with Crippen molar-refractivity contribution in [2.24, 2.45) is 22.7 Å². The molecule has 39 heavy (non-hydrogen) atoms. The molecular formula is C31H36FNO6. The third kappa shape index (κ3) is 5.34. The number of halogens is 1. The van der Waals surface area contributed by atoms with Crippen LogP contribution in [-0.2, 0) is 11.4 Å². The summed E-state index contributed by atoms with van der Waals surface area (Å²) in [5.41, 5.74) is 1.78. The smallest absolute Gasteiger partial charge is 0.303 e. The van der Waals surface area contributed by atoms with E-state index in [2.05, 4.69) is 32.9 Å². The van der Waals surface area contributed by atoms with Gasteiger partial charge in [-0.3, -0.25) is 4.79 Å². The van der Waals surface area contributed by atoms with Crippen molar-refractivity contribution in [1.82, 2.24) is 5.16 Å². The average Bonchev–Trinajstić information content (AvgIpc) is 3.75. The van der Waals surface area contributed by atoms with E-state index in [1.165, 1.54) is 13.2 Å². The number of carbonyl (C=O) groups is 1. The zero-order valence-electron chi connectivity index (χ0n) is 23.1. The predicted molar refractivity (Wildman–Crippen MR) is 143 cm³/mol. The molecule has 0 saturated heterocycles.